The molecular formula is C23H15FN2O3. The third kappa shape index (κ3) is 2.81. The number of hydrogen-bond acceptors (Lipinski definition) is 4. The second-order valence-corrected chi connectivity index (χ2v) is 6.91. The second kappa shape index (κ2) is 6.67. The fourth-order valence-electron chi connectivity index (χ4n) is 3.81. The summed E-state index contributed by atoms with van der Waals surface area (Å²) in [6.07, 6.45) is 3.29. The largest absolute Gasteiger partial charge is 0.450 e. The van der Waals surface area contributed by atoms with E-state index in [0.717, 1.165) is 5.56 Å². The maximum atomic E-state index is 13.5. The van der Waals surface area contributed by atoms with E-state index in [1.807, 2.05) is 12.1 Å². The number of carbonyl (C=O) groups is 1. The van der Waals surface area contributed by atoms with Gasteiger partial charge in [-0.3, -0.25) is 14.6 Å². The molecule has 2 aromatic heterocycles. The number of amides is 1. The Morgan fingerprint density at radius 1 is 0.966 bits per heavy atom. The normalized spacial score (nSPS) is 15.7. The molecule has 0 bridgehead atoms. The number of aromatic nitrogens is 1. The van der Waals surface area contributed by atoms with Crippen LogP contribution >= 0.6 is 0 Å². The molecule has 142 valence electrons. The molecule has 0 saturated carbocycles. The van der Waals surface area contributed by atoms with Crippen molar-refractivity contribution in [2.75, 3.05) is 0 Å². The van der Waals surface area contributed by atoms with E-state index in [9.17, 15) is 14.0 Å². The summed E-state index contributed by atoms with van der Waals surface area (Å²) in [4.78, 5) is 32.1. The summed E-state index contributed by atoms with van der Waals surface area (Å²) in [7, 11) is 0. The molecule has 1 aliphatic rings. The van der Waals surface area contributed by atoms with E-state index in [1.54, 1.807) is 53.7 Å². The molecule has 29 heavy (non-hydrogen) atoms. The Morgan fingerprint density at radius 3 is 2.45 bits per heavy atom. The predicted molar refractivity (Wildman–Crippen MR) is 105 cm³/mol. The molecular weight excluding hydrogens is 371 g/mol. The smallest absolute Gasteiger partial charge is 0.291 e. The lowest BCUT2D eigenvalue weighted by molar-refractivity contribution is 0.0714. The van der Waals surface area contributed by atoms with Crippen molar-refractivity contribution in [1.29, 1.82) is 0 Å². The molecule has 1 amide bonds. The highest BCUT2D eigenvalue weighted by Crippen LogP contribution is 2.39. The van der Waals surface area contributed by atoms with Crippen molar-refractivity contribution in [2.45, 2.75) is 12.6 Å². The summed E-state index contributed by atoms with van der Waals surface area (Å²) >= 11 is 0. The van der Waals surface area contributed by atoms with Gasteiger partial charge in [0, 0.05) is 18.9 Å². The minimum absolute atomic E-state index is 0.0390. The SMILES string of the molecule is O=C1c2oc3ccccc3c(=O)c2[C@@H](c2ccc(F)cc2)N1Cc1ccncc1. The van der Waals surface area contributed by atoms with Gasteiger partial charge in [0.25, 0.3) is 5.91 Å². The van der Waals surface area contributed by atoms with Crippen molar-refractivity contribution in [3.63, 3.8) is 0 Å². The molecule has 0 unspecified atom stereocenters. The van der Waals surface area contributed by atoms with Crippen LogP contribution in [0.4, 0.5) is 4.39 Å². The molecule has 2 aromatic carbocycles. The van der Waals surface area contributed by atoms with Crippen LogP contribution in [0, 0.1) is 5.82 Å². The topological polar surface area (TPSA) is 63.4 Å². The van der Waals surface area contributed by atoms with E-state index in [0.29, 0.717) is 16.5 Å². The van der Waals surface area contributed by atoms with Crippen LogP contribution in [0.5, 0.6) is 0 Å². The highest BCUT2D eigenvalue weighted by molar-refractivity contribution is 5.99. The highest BCUT2D eigenvalue weighted by Gasteiger charge is 2.42. The number of carbonyl (C=O) groups excluding carboxylic acids is 1. The Balaban J connectivity index is 1.73. The fraction of sp³-hybridized carbons (Fsp3) is 0.0870. The monoisotopic (exact) mass is 386 g/mol. The van der Waals surface area contributed by atoms with Crippen LogP contribution in [-0.2, 0) is 6.54 Å². The number of hydrogen-bond donors (Lipinski definition) is 0. The van der Waals surface area contributed by atoms with Gasteiger partial charge in [-0.2, -0.15) is 0 Å². The maximum absolute atomic E-state index is 13.5. The average Bonchev–Trinajstić information content (AvgIpc) is 3.02. The van der Waals surface area contributed by atoms with Crippen molar-refractivity contribution in [1.82, 2.24) is 9.88 Å². The summed E-state index contributed by atoms with van der Waals surface area (Å²) in [6, 6.07) is 15.7. The van der Waals surface area contributed by atoms with Crippen LogP contribution in [0.2, 0.25) is 0 Å². The molecule has 1 aliphatic heterocycles. The highest BCUT2D eigenvalue weighted by atomic mass is 19.1. The van der Waals surface area contributed by atoms with Crippen molar-refractivity contribution >= 4 is 16.9 Å². The zero-order valence-electron chi connectivity index (χ0n) is 15.2. The first-order valence-corrected chi connectivity index (χ1v) is 9.14. The van der Waals surface area contributed by atoms with Gasteiger partial charge in [0.05, 0.1) is 17.0 Å². The van der Waals surface area contributed by atoms with E-state index >= 15 is 0 Å². The van der Waals surface area contributed by atoms with E-state index in [1.165, 1.54) is 12.1 Å². The van der Waals surface area contributed by atoms with Gasteiger partial charge in [-0.05, 0) is 47.5 Å². The summed E-state index contributed by atoms with van der Waals surface area (Å²) in [5.41, 5.74) is 1.92. The Morgan fingerprint density at radius 2 is 1.69 bits per heavy atom. The molecule has 3 heterocycles. The third-order valence-electron chi connectivity index (χ3n) is 5.16. The first-order valence-electron chi connectivity index (χ1n) is 9.14. The van der Waals surface area contributed by atoms with Crippen molar-refractivity contribution in [3.8, 4) is 0 Å². The van der Waals surface area contributed by atoms with Crippen LogP contribution in [0.1, 0.15) is 33.3 Å². The number of pyridine rings is 1. The third-order valence-corrected chi connectivity index (χ3v) is 5.16. The standard InChI is InChI=1S/C23H15FN2O3/c24-16-7-5-15(6-8-16)20-19-21(27)17-3-1-2-4-18(17)29-22(19)23(28)26(20)13-14-9-11-25-12-10-14/h1-12,20H,13H2/t20-/m1/s1. The molecule has 0 aliphatic carbocycles. The lowest BCUT2D eigenvalue weighted by atomic mass is 9.98. The van der Waals surface area contributed by atoms with Gasteiger partial charge >= 0.3 is 0 Å². The molecule has 6 heteroatoms. The van der Waals surface area contributed by atoms with E-state index < -0.39 is 6.04 Å². The summed E-state index contributed by atoms with van der Waals surface area (Å²) < 4.78 is 19.4. The first kappa shape index (κ1) is 17.3. The summed E-state index contributed by atoms with van der Waals surface area (Å²) in [5.74, 6) is -0.712. The van der Waals surface area contributed by atoms with Gasteiger partial charge in [-0.15, -0.1) is 0 Å². The number of benzene rings is 2. The Hall–Kier alpha value is -3.80. The molecule has 0 fully saturated rings. The molecule has 5 nitrogen and oxygen atoms in total. The fourth-order valence-corrected chi connectivity index (χ4v) is 3.81. The van der Waals surface area contributed by atoms with E-state index in [-0.39, 0.29) is 35.0 Å². The first-order chi connectivity index (χ1) is 14.1. The number of para-hydroxylation sites is 1. The van der Waals surface area contributed by atoms with Gasteiger partial charge in [0.1, 0.15) is 11.4 Å². The molecule has 4 aromatic rings. The van der Waals surface area contributed by atoms with Gasteiger partial charge in [-0.1, -0.05) is 24.3 Å². The lowest BCUT2D eigenvalue weighted by Crippen LogP contribution is -2.29. The Kier molecular flexibility index (Phi) is 3.98. The average molecular weight is 386 g/mol. The zero-order valence-corrected chi connectivity index (χ0v) is 15.2. The minimum Gasteiger partial charge on any atom is -0.450 e. The van der Waals surface area contributed by atoms with E-state index in [2.05, 4.69) is 4.98 Å². The quantitative estimate of drug-likeness (QED) is 0.532. The van der Waals surface area contributed by atoms with Gasteiger partial charge in [0.2, 0.25) is 5.76 Å². The minimum atomic E-state index is -0.660. The molecule has 1 atom stereocenters. The van der Waals surface area contributed by atoms with Crippen molar-refractivity contribution in [3.05, 3.63) is 112 Å². The van der Waals surface area contributed by atoms with Gasteiger partial charge in [-0.25, -0.2) is 4.39 Å². The van der Waals surface area contributed by atoms with Crippen LogP contribution in [-0.4, -0.2) is 15.8 Å². The number of rotatable bonds is 3. The summed E-state index contributed by atoms with van der Waals surface area (Å²) in [5, 5.41) is 0.414. The predicted octanol–water partition coefficient (Wildman–Crippen LogP) is 4.07. The molecule has 0 spiro atoms. The molecule has 0 radical (unpaired) electrons. The molecule has 0 saturated heterocycles. The molecule has 5 rings (SSSR count). The van der Waals surface area contributed by atoms with Crippen LogP contribution < -0.4 is 5.43 Å². The van der Waals surface area contributed by atoms with Gasteiger partial charge < -0.3 is 9.32 Å². The van der Waals surface area contributed by atoms with Gasteiger partial charge in [0.15, 0.2) is 5.43 Å². The zero-order chi connectivity index (χ0) is 20.0. The second-order valence-electron chi connectivity index (χ2n) is 6.91. The number of fused-ring (bicyclic) bond motifs is 2. The maximum Gasteiger partial charge on any atom is 0.291 e. The van der Waals surface area contributed by atoms with Crippen LogP contribution in [0.25, 0.3) is 11.0 Å². The van der Waals surface area contributed by atoms with Crippen LogP contribution in [0.3, 0.4) is 0 Å². The Bertz CT molecular complexity index is 1280. The number of nitrogens with zero attached hydrogens (tertiary/aromatic N) is 2. The van der Waals surface area contributed by atoms with Crippen molar-refractivity contribution < 1.29 is 13.6 Å². The van der Waals surface area contributed by atoms with Crippen molar-refractivity contribution in [2.24, 2.45) is 0 Å². The lowest BCUT2D eigenvalue weighted by Gasteiger charge is -2.25. The summed E-state index contributed by atoms with van der Waals surface area (Å²) in [6.45, 7) is 0.267. The molecule has 0 N–H and O–H groups in total. The van der Waals surface area contributed by atoms with Crippen LogP contribution in [0.15, 0.2) is 82.3 Å². The Labute approximate surface area is 165 Å². The number of halogens is 1. The van der Waals surface area contributed by atoms with E-state index in [4.69, 9.17) is 4.42 Å².